The number of aromatic hydroxyl groups is 1. The van der Waals surface area contributed by atoms with Crippen molar-refractivity contribution in [3.05, 3.63) is 29.8 Å². The minimum atomic E-state index is -1.32. The van der Waals surface area contributed by atoms with Crippen molar-refractivity contribution in [1.29, 1.82) is 0 Å². The van der Waals surface area contributed by atoms with Gasteiger partial charge >= 0.3 is 5.97 Å². The van der Waals surface area contributed by atoms with Crippen molar-refractivity contribution in [3.8, 4) is 5.75 Å². The quantitative estimate of drug-likeness (QED) is 0.265. The molecule has 4 unspecified atom stereocenters. The Morgan fingerprint density at radius 3 is 2.39 bits per heavy atom. The van der Waals surface area contributed by atoms with E-state index in [4.69, 9.17) is 5.73 Å². The number of nitrogens with zero attached hydrogens (tertiary/aromatic N) is 1. The van der Waals surface area contributed by atoms with E-state index in [1.807, 2.05) is 0 Å². The third-order valence-corrected chi connectivity index (χ3v) is 5.10. The number of aliphatic hydroxyl groups excluding tert-OH is 1. The first-order valence-electron chi connectivity index (χ1n) is 9.92. The lowest BCUT2D eigenvalue weighted by Gasteiger charge is -2.27. The molecule has 3 amide bonds. The van der Waals surface area contributed by atoms with Crippen LogP contribution in [0.25, 0.3) is 0 Å². The average molecular weight is 436 g/mol. The van der Waals surface area contributed by atoms with Gasteiger partial charge in [-0.1, -0.05) is 12.1 Å². The number of carboxylic acids is 1. The summed E-state index contributed by atoms with van der Waals surface area (Å²) in [6, 6.07) is 1.88. The van der Waals surface area contributed by atoms with Gasteiger partial charge in [-0.15, -0.1) is 0 Å². The van der Waals surface area contributed by atoms with Gasteiger partial charge in [0.05, 0.1) is 12.6 Å². The maximum absolute atomic E-state index is 12.6. The Labute approximate surface area is 179 Å². The normalized spacial score (nSPS) is 18.7. The van der Waals surface area contributed by atoms with Gasteiger partial charge in [0.15, 0.2) is 0 Å². The summed E-state index contributed by atoms with van der Waals surface area (Å²) in [4.78, 5) is 49.7. The first-order valence-corrected chi connectivity index (χ1v) is 9.92. The van der Waals surface area contributed by atoms with Crippen molar-refractivity contribution in [2.45, 2.75) is 50.4 Å². The van der Waals surface area contributed by atoms with E-state index in [0.29, 0.717) is 12.8 Å². The predicted octanol–water partition coefficient (Wildman–Crippen LogP) is -1.68. The number of rotatable bonds is 9. The van der Waals surface area contributed by atoms with Crippen LogP contribution in [0.3, 0.4) is 0 Å². The molecule has 7 N–H and O–H groups in total. The zero-order chi connectivity index (χ0) is 23.1. The van der Waals surface area contributed by atoms with Crippen LogP contribution in [0.15, 0.2) is 24.3 Å². The molecule has 1 heterocycles. The summed E-state index contributed by atoms with van der Waals surface area (Å²) in [6.07, 6.45) is 1.00. The van der Waals surface area contributed by atoms with E-state index in [1.54, 1.807) is 12.1 Å². The van der Waals surface area contributed by atoms with E-state index >= 15 is 0 Å². The third kappa shape index (κ3) is 6.40. The van der Waals surface area contributed by atoms with E-state index < -0.39 is 54.5 Å². The zero-order valence-corrected chi connectivity index (χ0v) is 17.2. The van der Waals surface area contributed by atoms with Gasteiger partial charge in [0, 0.05) is 6.54 Å². The smallest absolute Gasteiger partial charge is 0.326 e. The van der Waals surface area contributed by atoms with Crippen molar-refractivity contribution in [1.82, 2.24) is 15.5 Å². The number of likely N-dealkylation sites (tertiary alicyclic amines) is 1. The fourth-order valence-electron chi connectivity index (χ4n) is 3.33. The first kappa shape index (κ1) is 24.1. The van der Waals surface area contributed by atoms with Crippen LogP contribution in [0.4, 0.5) is 0 Å². The Kier molecular flexibility index (Phi) is 8.34. The van der Waals surface area contributed by atoms with Gasteiger partial charge in [0.1, 0.15) is 23.9 Å². The SMILES string of the molecule is CC(NC(=O)C(N)Cc1ccc(O)cc1)C(=O)NC(CO)C(=O)N1CCCC1C(=O)O. The fraction of sp³-hybridized carbons (Fsp3) is 0.500. The number of nitrogens with two attached hydrogens (primary N) is 1. The minimum absolute atomic E-state index is 0.0867. The van der Waals surface area contributed by atoms with Crippen LogP contribution in [0, 0.1) is 0 Å². The van der Waals surface area contributed by atoms with Crippen LogP contribution in [-0.4, -0.2) is 81.2 Å². The lowest BCUT2D eigenvalue weighted by atomic mass is 10.1. The maximum Gasteiger partial charge on any atom is 0.326 e. The van der Waals surface area contributed by atoms with E-state index in [9.17, 15) is 34.5 Å². The summed E-state index contributed by atoms with van der Waals surface area (Å²) in [7, 11) is 0. The molecule has 0 aliphatic carbocycles. The second-order valence-electron chi connectivity index (χ2n) is 7.48. The molecule has 31 heavy (non-hydrogen) atoms. The summed E-state index contributed by atoms with van der Waals surface area (Å²) < 4.78 is 0. The second-order valence-corrected chi connectivity index (χ2v) is 7.48. The molecular weight excluding hydrogens is 408 g/mol. The van der Waals surface area contributed by atoms with Crippen LogP contribution in [0.5, 0.6) is 5.75 Å². The molecule has 0 aromatic heterocycles. The molecule has 1 fully saturated rings. The number of amides is 3. The van der Waals surface area contributed by atoms with Crippen molar-refractivity contribution >= 4 is 23.7 Å². The Hall–Kier alpha value is -3.18. The van der Waals surface area contributed by atoms with Crippen molar-refractivity contribution < 1.29 is 34.5 Å². The third-order valence-electron chi connectivity index (χ3n) is 5.10. The van der Waals surface area contributed by atoms with Gasteiger partial charge in [-0.05, 0) is 43.9 Å². The molecule has 1 aromatic carbocycles. The summed E-state index contributed by atoms with van der Waals surface area (Å²) in [6.45, 7) is 0.907. The van der Waals surface area contributed by atoms with Gasteiger partial charge in [-0.25, -0.2) is 4.79 Å². The summed E-state index contributed by atoms with van der Waals surface area (Å²) in [5, 5.41) is 32.8. The number of phenolic OH excluding ortho intramolecular Hbond substituents is 1. The number of aliphatic carboxylic acids is 1. The molecule has 0 radical (unpaired) electrons. The van der Waals surface area contributed by atoms with Crippen molar-refractivity contribution in [3.63, 3.8) is 0 Å². The highest BCUT2D eigenvalue weighted by atomic mass is 16.4. The number of benzene rings is 1. The van der Waals surface area contributed by atoms with Crippen LogP contribution < -0.4 is 16.4 Å². The highest BCUT2D eigenvalue weighted by molar-refractivity contribution is 5.94. The molecule has 170 valence electrons. The van der Waals surface area contributed by atoms with E-state index in [0.717, 1.165) is 10.5 Å². The molecule has 1 aromatic rings. The Morgan fingerprint density at radius 1 is 1.16 bits per heavy atom. The van der Waals surface area contributed by atoms with Crippen molar-refractivity contribution in [2.24, 2.45) is 5.73 Å². The Morgan fingerprint density at radius 2 is 1.81 bits per heavy atom. The van der Waals surface area contributed by atoms with E-state index in [1.165, 1.54) is 19.1 Å². The lowest BCUT2D eigenvalue weighted by molar-refractivity contribution is -0.150. The summed E-state index contributed by atoms with van der Waals surface area (Å²) in [5.74, 6) is -3.05. The van der Waals surface area contributed by atoms with Crippen LogP contribution in [0.1, 0.15) is 25.3 Å². The highest BCUT2D eigenvalue weighted by Crippen LogP contribution is 2.18. The van der Waals surface area contributed by atoms with Crippen LogP contribution in [0.2, 0.25) is 0 Å². The highest BCUT2D eigenvalue weighted by Gasteiger charge is 2.37. The van der Waals surface area contributed by atoms with E-state index in [2.05, 4.69) is 10.6 Å². The number of carbonyl (C=O) groups excluding carboxylic acids is 3. The summed E-state index contributed by atoms with van der Waals surface area (Å²) >= 11 is 0. The van der Waals surface area contributed by atoms with E-state index in [-0.39, 0.29) is 18.7 Å². The van der Waals surface area contributed by atoms with Gasteiger partial charge in [0.2, 0.25) is 17.7 Å². The number of carboxylic acid groups (broad SMARTS) is 1. The minimum Gasteiger partial charge on any atom is -0.508 e. The molecule has 11 nitrogen and oxygen atoms in total. The van der Waals surface area contributed by atoms with Gasteiger partial charge in [-0.2, -0.15) is 0 Å². The number of carbonyl (C=O) groups is 4. The second kappa shape index (κ2) is 10.7. The maximum atomic E-state index is 12.6. The molecule has 1 aliphatic rings. The molecular formula is C20H28N4O7. The van der Waals surface area contributed by atoms with Gasteiger partial charge in [-0.3, -0.25) is 14.4 Å². The number of hydrogen-bond acceptors (Lipinski definition) is 7. The number of aliphatic hydroxyl groups is 1. The first-order chi connectivity index (χ1) is 14.6. The molecule has 1 aliphatic heterocycles. The Bertz CT molecular complexity index is 814. The standard InChI is InChI=1S/C20H28N4O7/c1-11(22-18(28)14(21)9-12-4-6-13(26)7-5-12)17(27)23-15(10-25)19(29)24-8-2-3-16(24)20(30)31/h4-7,11,14-16,25-26H,2-3,8-10,21H2,1H3,(H,22,28)(H,23,27)(H,30,31). The van der Waals surface area contributed by atoms with Gasteiger partial charge < -0.3 is 36.6 Å². The monoisotopic (exact) mass is 436 g/mol. The zero-order valence-electron chi connectivity index (χ0n) is 17.2. The molecule has 0 saturated carbocycles. The molecule has 1 saturated heterocycles. The number of hydrogen-bond donors (Lipinski definition) is 6. The molecule has 4 atom stereocenters. The largest absolute Gasteiger partial charge is 0.508 e. The van der Waals surface area contributed by atoms with Crippen LogP contribution in [-0.2, 0) is 25.6 Å². The molecule has 0 spiro atoms. The number of phenols is 1. The fourth-order valence-corrected chi connectivity index (χ4v) is 3.33. The molecule has 11 heteroatoms. The van der Waals surface area contributed by atoms with Crippen LogP contribution >= 0.6 is 0 Å². The lowest BCUT2D eigenvalue weighted by Crippen LogP contribution is -2.57. The molecule has 2 rings (SSSR count). The molecule has 0 bridgehead atoms. The van der Waals surface area contributed by atoms with Gasteiger partial charge in [0.25, 0.3) is 0 Å². The Balaban J connectivity index is 1.90. The topological polar surface area (TPSA) is 182 Å². The number of nitrogens with one attached hydrogen (secondary N) is 2. The summed E-state index contributed by atoms with van der Waals surface area (Å²) in [5.41, 5.74) is 6.60. The predicted molar refractivity (Wildman–Crippen MR) is 109 cm³/mol. The van der Waals surface area contributed by atoms with Crippen molar-refractivity contribution in [2.75, 3.05) is 13.2 Å². The average Bonchev–Trinajstić information content (AvgIpc) is 3.23.